The zero-order valence-electron chi connectivity index (χ0n) is 11.3. The van der Waals surface area contributed by atoms with Gasteiger partial charge in [0.05, 0.1) is 10.2 Å². The molecule has 3 nitrogen and oxygen atoms in total. The van der Waals surface area contributed by atoms with Gasteiger partial charge in [-0.2, -0.15) is 0 Å². The van der Waals surface area contributed by atoms with Crippen molar-refractivity contribution in [3.05, 3.63) is 40.0 Å². The minimum atomic E-state index is 0.507. The number of anilines is 1. The van der Waals surface area contributed by atoms with E-state index >= 15 is 0 Å². The van der Waals surface area contributed by atoms with E-state index in [0.717, 1.165) is 35.0 Å². The van der Waals surface area contributed by atoms with Gasteiger partial charge in [0.1, 0.15) is 5.82 Å². The van der Waals surface area contributed by atoms with E-state index in [1.807, 2.05) is 0 Å². The highest BCUT2D eigenvalue weighted by molar-refractivity contribution is 9.10. The average molecular weight is 320 g/mol. The number of rotatable bonds is 4. The lowest BCUT2D eigenvalue weighted by atomic mass is 10.1. The summed E-state index contributed by atoms with van der Waals surface area (Å²) in [7, 11) is 0. The molecule has 0 radical (unpaired) electrons. The van der Waals surface area contributed by atoms with E-state index in [-0.39, 0.29) is 0 Å². The summed E-state index contributed by atoms with van der Waals surface area (Å²) in [6.45, 7) is 4.27. The predicted octanol–water partition coefficient (Wildman–Crippen LogP) is 4.00. The molecule has 2 rings (SSSR count). The smallest absolute Gasteiger partial charge is 0.161 e. The Labute approximate surface area is 122 Å². The molecule has 0 aliphatic carbocycles. The molecule has 0 atom stereocenters. The van der Waals surface area contributed by atoms with Crippen molar-refractivity contribution >= 4 is 21.7 Å². The van der Waals surface area contributed by atoms with Crippen molar-refractivity contribution in [3.8, 4) is 11.4 Å². The summed E-state index contributed by atoms with van der Waals surface area (Å²) in [4.78, 5) is 8.97. The van der Waals surface area contributed by atoms with E-state index in [2.05, 4.69) is 64.0 Å². The number of hydrogen-bond acceptors (Lipinski definition) is 3. The molecule has 1 aromatic heterocycles. The maximum atomic E-state index is 5.95. The van der Waals surface area contributed by atoms with E-state index < -0.39 is 0 Å². The summed E-state index contributed by atoms with van der Waals surface area (Å²) in [6.07, 6.45) is 2.96. The van der Waals surface area contributed by atoms with Crippen molar-refractivity contribution in [2.75, 3.05) is 5.73 Å². The van der Waals surface area contributed by atoms with E-state index in [1.165, 1.54) is 5.56 Å². The van der Waals surface area contributed by atoms with Crippen molar-refractivity contribution in [2.24, 2.45) is 0 Å². The molecule has 0 saturated carbocycles. The van der Waals surface area contributed by atoms with Crippen LogP contribution in [0.2, 0.25) is 0 Å². The highest BCUT2D eigenvalue weighted by Crippen LogP contribution is 2.26. The molecule has 100 valence electrons. The van der Waals surface area contributed by atoms with E-state index in [0.29, 0.717) is 11.6 Å². The summed E-state index contributed by atoms with van der Waals surface area (Å²) in [5.74, 6) is 1.21. The molecule has 0 aliphatic rings. The largest absolute Gasteiger partial charge is 0.383 e. The van der Waals surface area contributed by atoms with Gasteiger partial charge in [-0.1, -0.05) is 44.5 Å². The first-order valence-electron chi connectivity index (χ1n) is 6.56. The third-order valence-electron chi connectivity index (χ3n) is 3.05. The standard InChI is InChI=1S/C15H18BrN3/c1-3-5-12-13(16)14(17)19-15(18-12)11-8-6-10(4-2)7-9-11/h6-9H,3-5H2,1-2H3,(H2,17,18,19). The minimum absolute atomic E-state index is 0.507. The van der Waals surface area contributed by atoms with Crippen molar-refractivity contribution in [1.29, 1.82) is 0 Å². The zero-order chi connectivity index (χ0) is 13.8. The summed E-state index contributed by atoms with van der Waals surface area (Å²) in [5, 5.41) is 0. The van der Waals surface area contributed by atoms with Crippen LogP contribution in [0.5, 0.6) is 0 Å². The van der Waals surface area contributed by atoms with Crippen LogP contribution in [0.4, 0.5) is 5.82 Å². The van der Waals surface area contributed by atoms with E-state index in [9.17, 15) is 0 Å². The number of nitrogen functional groups attached to an aromatic ring is 1. The molecule has 19 heavy (non-hydrogen) atoms. The number of nitrogens with two attached hydrogens (primary N) is 1. The van der Waals surface area contributed by atoms with Crippen LogP contribution in [0.25, 0.3) is 11.4 Å². The first-order valence-corrected chi connectivity index (χ1v) is 7.36. The van der Waals surface area contributed by atoms with Crippen molar-refractivity contribution in [3.63, 3.8) is 0 Å². The number of aromatic nitrogens is 2. The van der Waals surface area contributed by atoms with Gasteiger partial charge in [-0.3, -0.25) is 0 Å². The van der Waals surface area contributed by atoms with Gasteiger partial charge in [0.2, 0.25) is 0 Å². The molecule has 1 aromatic carbocycles. The van der Waals surface area contributed by atoms with Crippen LogP contribution in [0.1, 0.15) is 31.5 Å². The lowest BCUT2D eigenvalue weighted by Gasteiger charge is -2.08. The molecule has 0 saturated heterocycles. The van der Waals surface area contributed by atoms with E-state index in [4.69, 9.17) is 5.73 Å². The maximum absolute atomic E-state index is 5.95. The van der Waals surface area contributed by atoms with Crippen LogP contribution in [0, 0.1) is 0 Å². The molecule has 0 aliphatic heterocycles. The first-order chi connectivity index (χ1) is 9.15. The molecule has 4 heteroatoms. The van der Waals surface area contributed by atoms with E-state index in [1.54, 1.807) is 0 Å². The highest BCUT2D eigenvalue weighted by Gasteiger charge is 2.10. The molecule has 0 bridgehead atoms. The fourth-order valence-corrected chi connectivity index (χ4v) is 2.31. The maximum Gasteiger partial charge on any atom is 0.161 e. The second-order valence-electron chi connectivity index (χ2n) is 4.49. The van der Waals surface area contributed by atoms with Crippen LogP contribution < -0.4 is 5.73 Å². The molecule has 0 unspecified atom stereocenters. The van der Waals surface area contributed by atoms with Gasteiger partial charge >= 0.3 is 0 Å². The van der Waals surface area contributed by atoms with Crippen LogP contribution in [-0.4, -0.2) is 9.97 Å². The Balaban J connectivity index is 2.43. The van der Waals surface area contributed by atoms with Gasteiger partial charge in [-0.25, -0.2) is 9.97 Å². The Bertz CT molecular complexity index is 564. The summed E-state index contributed by atoms with van der Waals surface area (Å²) < 4.78 is 0.822. The van der Waals surface area contributed by atoms with Gasteiger partial charge in [0.15, 0.2) is 5.82 Å². The van der Waals surface area contributed by atoms with Crippen molar-refractivity contribution < 1.29 is 0 Å². The minimum Gasteiger partial charge on any atom is -0.383 e. The Morgan fingerprint density at radius 1 is 1.11 bits per heavy atom. The topological polar surface area (TPSA) is 51.8 Å². The van der Waals surface area contributed by atoms with Gasteiger partial charge in [0, 0.05) is 5.56 Å². The molecular formula is C15H18BrN3. The fraction of sp³-hybridized carbons (Fsp3) is 0.333. The summed E-state index contributed by atoms with van der Waals surface area (Å²) in [6, 6.07) is 8.32. The van der Waals surface area contributed by atoms with Gasteiger partial charge in [0.25, 0.3) is 0 Å². The SMILES string of the molecule is CCCc1nc(-c2ccc(CC)cc2)nc(N)c1Br. The average Bonchev–Trinajstić information content (AvgIpc) is 2.44. The summed E-state index contributed by atoms with van der Waals surface area (Å²) in [5.41, 5.74) is 9.24. The van der Waals surface area contributed by atoms with Crippen LogP contribution in [0.3, 0.4) is 0 Å². The number of hydrogen-bond donors (Lipinski definition) is 1. The third kappa shape index (κ3) is 3.13. The third-order valence-corrected chi connectivity index (χ3v) is 3.92. The van der Waals surface area contributed by atoms with Crippen LogP contribution >= 0.6 is 15.9 Å². The van der Waals surface area contributed by atoms with Crippen LogP contribution in [-0.2, 0) is 12.8 Å². The molecule has 2 aromatic rings. The molecule has 0 fully saturated rings. The van der Waals surface area contributed by atoms with Crippen molar-refractivity contribution in [1.82, 2.24) is 9.97 Å². The lowest BCUT2D eigenvalue weighted by Crippen LogP contribution is -2.02. The Kier molecular flexibility index (Phi) is 4.53. The number of nitrogens with zero attached hydrogens (tertiary/aromatic N) is 2. The Hall–Kier alpha value is -1.42. The number of halogens is 1. The van der Waals surface area contributed by atoms with Crippen LogP contribution in [0.15, 0.2) is 28.7 Å². The molecule has 0 spiro atoms. The zero-order valence-corrected chi connectivity index (χ0v) is 12.9. The number of benzene rings is 1. The predicted molar refractivity (Wildman–Crippen MR) is 83.0 cm³/mol. The summed E-state index contributed by atoms with van der Waals surface area (Å²) >= 11 is 3.46. The van der Waals surface area contributed by atoms with Crippen molar-refractivity contribution in [2.45, 2.75) is 33.1 Å². The fourth-order valence-electron chi connectivity index (χ4n) is 1.93. The Morgan fingerprint density at radius 3 is 2.37 bits per heavy atom. The molecule has 1 heterocycles. The normalized spacial score (nSPS) is 10.7. The second-order valence-corrected chi connectivity index (χ2v) is 5.29. The monoisotopic (exact) mass is 319 g/mol. The molecular weight excluding hydrogens is 302 g/mol. The van der Waals surface area contributed by atoms with Gasteiger partial charge in [-0.15, -0.1) is 0 Å². The Morgan fingerprint density at radius 2 is 1.79 bits per heavy atom. The molecule has 2 N–H and O–H groups in total. The first kappa shape index (κ1) is 14.0. The highest BCUT2D eigenvalue weighted by atomic mass is 79.9. The van der Waals surface area contributed by atoms with Gasteiger partial charge < -0.3 is 5.73 Å². The quantitative estimate of drug-likeness (QED) is 0.926. The second kappa shape index (κ2) is 6.15. The lowest BCUT2D eigenvalue weighted by molar-refractivity contribution is 0.870. The molecule has 0 amide bonds. The number of aryl methyl sites for hydroxylation is 2. The van der Waals surface area contributed by atoms with Gasteiger partial charge in [-0.05, 0) is 34.3 Å².